The van der Waals surface area contributed by atoms with Crippen molar-refractivity contribution in [1.29, 1.82) is 0 Å². The monoisotopic (exact) mass is 292 g/mol. The van der Waals surface area contributed by atoms with Crippen molar-refractivity contribution in [3.63, 3.8) is 0 Å². The van der Waals surface area contributed by atoms with Crippen LogP contribution in [0.3, 0.4) is 0 Å². The van der Waals surface area contributed by atoms with Gasteiger partial charge in [-0.1, -0.05) is 31.0 Å². The lowest BCUT2D eigenvalue weighted by Gasteiger charge is -2.40. The van der Waals surface area contributed by atoms with E-state index in [0.29, 0.717) is 0 Å². The van der Waals surface area contributed by atoms with Gasteiger partial charge >= 0.3 is 10.2 Å². The minimum Gasteiger partial charge on any atom is -0.205 e. The Morgan fingerprint density at radius 3 is 1.69 bits per heavy atom. The molecule has 94 valence electrons. The molecule has 0 saturated heterocycles. The molecular weight excluding hydrogens is 292 g/mol. The van der Waals surface area contributed by atoms with E-state index in [1.165, 1.54) is 0 Å². The minimum absolute atomic E-state index is 0.557. The lowest BCUT2D eigenvalue weighted by atomic mass is 10.3. The Balaban J connectivity index is 3.81. The summed E-state index contributed by atoms with van der Waals surface area (Å²) in [6.07, 6.45) is 0. The number of hydrogen-bond acceptors (Lipinski definition) is 0. The molecule has 0 aromatic heterocycles. The topological polar surface area (TPSA) is 0 Å². The van der Waals surface area contributed by atoms with Crippen LogP contribution in [0.4, 0.5) is 32.6 Å². The molecule has 0 nitrogen and oxygen atoms in total. The summed E-state index contributed by atoms with van der Waals surface area (Å²) in [5.74, 6) is -7.51. The summed E-state index contributed by atoms with van der Waals surface area (Å²) in [7, 11) is -10.6. The van der Waals surface area contributed by atoms with Gasteiger partial charge in [-0.05, 0) is 0 Å². The third-order valence-electron chi connectivity index (χ3n) is 1.46. The molecule has 10 heteroatoms. The van der Waals surface area contributed by atoms with E-state index in [2.05, 4.69) is 11.6 Å². The van der Waals surface area contributed by atoms with Crippen LogP contribution in [0, 0.1) is 17.5 Å². The maximum absolute atomic E-state index is 12.7. The molecule has 1 aromatic rings. The lowest BCUT2D eigenvalue weighted by molar-refractivity contribution is 0.343. The highest BCUT2D eigenvalue weighted by atomic mass is 35.5. The number of rotatable bonds is 1. The van der Waals surface area contributed by atoms with Gasteiger partial charge < -0.3 is 0 Å². The van der Waals surface area contributed by atoms with Gasteiger partial charge in [-0.2, -0.15) is 0 Å². The van der Waals surface area contributed by atoms with Gasteiger partial charge in [-0.15, -0.1) is 0 Å². The van der Waals surface area contributed by atoms with E-state index < -0.39 is 43.7 Å². The summed E-state index contributed by atoms with van der Waals surface area (Å²) in [5.41, 5.74) is 0. The zero-order chi connectivity index (χ0) is 13.0. The van der Waals surface area contributed by atoms with E-state index >= 15 is 0 Å². The van der Waals surface area contributed by atoms with E-state index in [1.54, 1.807) is 0 Å². The highest BCUT2D eigenvalue weighted by Gasteiger charge is 2.69. The Kier molecular flexibility index (Phi) is 2.30. The van der Waals surface area contributed by atoms with Crippen molar-refractivity contribution in [3.05, 3.63) is 28.5 Å². The summed E-state index contributed by atoms with van der Waals surface area (Å²) in [6, 6.07) is -0.557. The maximum Gasteiger partial charge on any atom is 0.315 e. The van der Waals surface area contributed by atoms with Gasteiger partial charge in [0.15, 0.2) is 16.5 Å². The molecule has 0 N–H and O–H groups in total. The molecule has 1 rings (SSSR count). The standard InChI is InChI=1S/C6HClF8S/c7-4-2(8)1-3(9)6(5(4)10)16(11,12,13,14)15/h1H. The van der Waals surface area contributed by atoms with E-state index in [1.807, 2.05) is 0 Å². The molecular formula is C6HClF8S. The summed E-state index contributed by atoms with van der Waals surface area (Å²) in [5, 5.41) is -1.84. The smallest absolute Gasteiger partial charge is 0.205 e. The van der Waals surface area contributed by atoms with Gasteiger partial charge in [0.25, 0.3) is 0 Å². The predicted molar refractivity (Wildman–Crippen MR) is 42.7 cm³/mol. The zero-order valence-electron chi connectivity index (χ0n) is 6.89. The van der Waals surface area contributed by atoms with Crippen LogP contribution in [0.2, 0.25) is 5.02 Å². The Hall–Kier alpha value is -0.700. The van der Waals surface area contributed by atoms with Crippen LogP contribution in [-0.4, -0.2) is 0 Å². The Morgan fingerprint density at radius 1 is 0.875 bits per heavy atom. The molecule has 0 aliphatic carbocycles. The first-order chi connectivity index (χ1) is 6.74. The number of benzene rings is 1. The first-order valence-corrected chi connectivity index (χ1v) is 5.64. The second kappa shape index (κ2) is 2.76. The van der Waals surface area contributed by atoms with Crippen molar-refractivity contribution in [1.82, 2.24) is 0 Å². The van der Waals surface area contributed by atoms with Crippen molar-refractivity contribution < 1.29 is 32.6 Å². The van der Waals surface area contributed by atoms with Gasteiger partial charge in [0, 0.05) is 6.07 Å². The van der Waals surface area contributed by atoms with Crippen molar-refractivity contribution in [2.24, 2.45) is 0 Å². The average molecular weight is 293 g/mol. The Bertz CT molecular complexity index is 463. The van der Waals surface area contributed by atoms with Gasteiger partial charge in [0.05, 0.1) is 0 Å². The van der Waals surface area contributed by atoms with E-state index in [4.69, 9.17) is 0 Å². The van der Waals surface area contributed by atoms with Crippen LogP contribution >= 0.6 is 21.8 Å². The van der Waals surface area contributed by atoms with Crippen LogP contribution in [0.15, 0.2) is 11.0 Å². The highest BCUT2D eigenvalue weighted by molar-refractivity contribution is 8.45. The van der Waals surface area contributed by atoms with E-state index in [0.717, 1.165) is 0 Å². The van der Waals surface area contributed by atoms with Crippen LogP contribution in [0.25, 0.3) is 0 Å². The number of hydrogen-bond donors (Lipinski definition) is 0. The summed E-state index contributed by atoms with van der Waals surface area (Å²) < 4.78 is 98.3. The quantitative estimate of drug-likeness (QED) is 0.368. The van der Waals surface area contributed by atoms with Crippen LogP contribution in [0.5, 0.6) is 0 Å². The van der Waals surface area contributed by atoms with Gasteiger partial charge in [-0.3, -0.25) is 0 Å². The molecule has 0 spiro atoms. The first-order valence-electron chi connectivity index (χ1n) is 3.31. The molecule has 0 aliphatic heterocycles. The average Bonchev–Trinajstić information content (AvgIpc) is 1.94. The minimum atomic E-state index is -10.6. The normalized spacial score (nSPS) is 16.8. The fraction of sp³-hybridized carbons (Fsp3) is 0. The fourth-order valence-corrected chi connectivity index (χ4v) is 1.98. The molecule has 0 aliphatic rings. The Morgan fingerprint density at radius 2 is 1.31 bits per heavy atom. The van der Waals surface area contributed by atoms with Crippen LogP contribution in [-0.2, 0) is 0 Å². The molecule has 0 fully saturated rings. The second-order valence-electron chi connectivity index (χ2n) is 2.77. The molecule has 0 unspecified atom stereocenters. The summed E-state index contributed by atoms with van der Waals surface area (Å²) >= 11 is 4.65. The SMILES string of the molecule is Fc1cc(F)c(S(F)(F)(F)(F)F)c(F)c1Cl. The van der Waals surface area contributed by atoms with Crippen molar-refractivity contribution >= 4 is 21.8 Å². The molecule has 0 saturated carbocycles. The molecule has 0 heterocycles. The van der Waals surface area contributed by atoms with Crippen molar-refractivity contribution in [2.45, 2.75) is 4.90 Å². The summed E-state index contributed by atoms with van der Waals surface area (Å²) in [6.45, 7) is 0. The third-order valence-corrected chi connectivity index (χ3v) is 2.95. The second-order valence-corrected chi connectivity index (χ2v) is 5.49. The number of halogens is 9. The molecule has 0 amide bonds. The Labute approximate surface area is 88.5 Å². The molecule has 0 radical (unpaired) electrons. The highest BCUT2D eigenvalue weighted by Crippen LogP contribution is 3.02. The first kappa shape index (κ1) is 13.4. The summed E-state index contributed by atoms with van der Waals surface area (Å²) in [4.78, 5) is -3.44. The third kappa shape index (κ3) is 2.34. The van der Waals surface area contributed by atoms with Gasteiger partial charge in [0.2, 0.25) is 0 Å². The van der Waals surface area contributed by atoms with Crippen molar-refractivity contribution in [2.75, 3.05) is 0 Å². The molecule has 0 bridgehead atoms. The lowest BCUT2D eigenvalue weighted by Crippen LogP contribution is -2.12. The van der Waals surface area contributed by atoms with Crippen LogP contribution in [0.1, 0.15) is 0 Å². The maximum atomic E-state index is 12.7. The predicted octanol–water partition coefficient (Wildman–Crippen LogP) is 5.41. The van der Waals surface area contributed by atoms with Crippen molar-refractivity contribution in [3.8, 4) is 0 Å². The van der Waals surface area contributed by atoms with Crippen LogP contribution < -0.4 is 0 Å². The zero-order valence-corrected chi connectivity index (χ0v) is 8.46. The largest absolute Gasteiger partial charge is 0.315 e. The molecule has 0 atom stereocenters. The fourth-order valence-electron chi connectivity index (χ4n) is 0.903. The van der Waals surface area contributed by atoms with Gasteiger partial charge in [-0.25, -0.2) is 13.2 Å². The van der Waals surface area contributed by atoms with E-state index in [-0.39, 0.29) is 0 Å². The molecule has 1 aromatic carbocycles. The molecule has 16 heavy (non-hydrogen) atoms. The van der Waals surface area contributed by atoms with Gasteiger partial charge in [0.1, 0.15) is 10.8 Å². The van der Waals surface area contributed by atoms with E-state index in [9.17, 15) is 32.6 Å².